The van der Waals surface area contributed by atoms with E-state index in [0.717, 1.165) is 44.5 Å². The minimum absolute atomic E-state index is 0.0576. The van der Waals surface area contributed by atoms with Crippen LogP contribution in [0, 0.1) is 0 Å². The van der Waals surface area contributed by atoms with E-state index in [1.54, 1.807) is 6.92 Å². The van der Waals surface area contributed by atoms with Crippen molar-refractivity contribution in [2.75, 3.05) is 6.54 Å². The first-order valence-corrected chi connectivity index (χ1v) is 7.36. The Labute approximate surface area is 115 Å². The molecular weight excluding hydrogens is 240 g/mol. The van der Waals surface area contributed by atoms with E-state index in [9.17, 15) is 4.79 Å². The van der Waals surface area contributed by atoms with E-state index in [2.05, 4.69) is 28.7 Å². The van der Waals surface area contributed by atoms with E-state index < -0.39 is 0 Å². The Balaban J connectivity index is 2.02. The molecule has 0 unspecified atom stereocenters. The lowest BCUT2D eigenvalue weighted by molar-refractivity contribution is -0.118. The molecule has 0 saturated carbocycles. The molecule has 0 spiro atoms. The van der Waals surface area contributed by atoms with E-state index in [1.807, 2.05) is 4.68 Å². The average molecular weight is 266 g/mol. The van der Waals surface area contributed by atoms with Crippen molar-refractivity contribution in [1.29, 1.82) is 0 Å². The van der Waals surface area contributed by atoms with Crippen LogP contribution in [0.2, 0.25) is 0 Å². The third kappa shape index (κ3) is 7.59. The predicted molar refractivity (Wildman–Crippen MR) is 75.8 cm³/mol. The standard InChI is InChI=1S/C14H26N4O/c1-3-4-9-14-12-18(17-16-14)11-8-6-5-7-10-15-13(2)19/h12H,3-11H2,1-2H3,(H,15,19). The number of unbranched alkanes of at least 4 members (excludes halogenated alkanes) is 4. The van der Waals surface area contributed by atoms with Crippen LogP contribution in [0.4, 0.5) is 0 Å². The third-order valence-electron chi connectivity index (χ3n) is 3.06. The van der Waals surface area contributed by atoms with Gasteiger partial charge in [-0.05, 0) is 25.7 Å². The highest BCUT2D eigenvalue weighted by Gasteiger charge is 2.00. The number of hydrogen-bond donors (Lipinski definition) is 1. The number of aromatic nitrogens is 3. The molecule has 1 N–H and O–H groups in total. The van der Waals surface area contributed by atoms with Gasteiger partial charge in [0.25, 0.3) is 0 Å². The van der Waals surface area contributed by atoms with Gasteiger partial charge in [0.15, 0.2) is 0 Å². The molecule has 108 valence electrons. The first kappa shape index (κ1) is 15.7. The van der Waals surface area contributed by atoms with Gasteiger partial charge in [0, 0.05) is 26.2 Å². The predicted octanol–water partition coefficient (Wildman–Crippen LogP) is 2.32. The Bertz CT molecular complexity index is 362. The minimum atomic E-state index is 0.0576. The molecule has 0 fully saturated rings. The van der Waals surface area contributed by atoms with Gasteiger partial charge in [-0.1, -0.05) is 31.4 Å². The van der Waals surface area contributed by atoms with Crippen molar-refractivity contribution in [2.45, 2.75) is 65.3 Å². The van der Waals surface area contributed by atoms with Crippen molar-refractivity contribution in [1.82, 2.24) is 20.3 Å². The molecule has 1 heterocycles. The molecule has 0 radical (unpaired) electrons. The second kappa shape index (κ2) is 9.53. The first-order valence-electron chi connectivity index (χ1n) is 7.36. The van der Waals surface area contributed by atoms with E-state index >= 15 is 0 Å². The smallest absolute Gasteiger partial charge is 0.216 e. The largest absolute Gasteiger partial charge is 0.356 e. The van der Waals surface area contributed by atoms with Crippen molar-refractivity contribution in [2.24, 2.45) is 0 Å². The SMILES string of the molecule is CCCCc1cn(CCCCCCNC(C)=O)nn1. The molecule has 0 aromatic carbocycles. The van der Waals surface area contributed by atoms with Crippen LogP contribution < -0.4 is 5.32 Å². The van der Waals surface area contributed by atoms with Gasteiger partial charge in [-0.25, -0.2) is 0 Å². The topological polar surface area (TPSA) is 59.8 Å². The van der Waals surface area contributed by atoms with Gasteiger partial charge in [-0.15, -0.1) is 5.10 Å². The van der Waals surface area contributed by atoms with Crippen LogP contribution in [0.5, 0.6) is 0 Å². The molecule has 5 nitrogen and oxygen atoms in total. The summed E-state index contributed by atoms with van der Waals surface area (Å²) in [5.74, 6) is 0.0576. The summed E-state index contributed by atoms with van der Waals surface area (Å²) < 4.78 is 1.94. The molecular formula is C14H26N4O. The molecule has 1 rings (SSSR count). The van der Waals surface area contributed by atoms with Crippen LogP contribution in [0.1, 0.15) is 58.1 Å². The van der Waals surface area contributed by atoms with Gasteiger partial charge < -0.3 is 5.32 Å². The summed E-state index contributed by atoms with van der Waals surface area (Å²) in [6.45, 7) is 5.48. The summed E-state index contributed by atoms with van der Waals surface area (Å²) in [6.07, 6.45) is 9.97. The molecule has 0 atom stereocenters. The summed E-state index contributed by atoms with van der Waals surface area (Å²) in [7, 11) is 0. The van der Waals surface area contributed by atoms with Gasteiger partial charge in [0.1, 0.15) is 0 Å². The van der Waals surface area contributed by atoms with E-state index in [0.29, 0.717) is 0 Å². The average Bonchev–Trinajstić information content (AvgIpc) is 2.83. The number of aryl methyl sites for hydroxylation is 2. The van der Waals surface area contributed by atoms with Crippen molar-refractivity contribution < 1.29 is 4.79 Å². The maximum atomic E-state index is 10.7. The number of hydrogen-bond acceptors (Lipinski definition) is 3. The Morgan fingerprint density at radius 2 is 2.05 bits per heavy atom. The second-order valence-corrected chi connectivity index (χ2v) is 4.97. The number of rotatable bonds is 10. The minimum Gasteiger partial charge on any atom is -0.356 e. The first-order chi connectivity index (χ1) is 9.22. The fourth-order valence-corrected chi connectivity index (χ4v) is 1.94. The van der Waals surface area contributed by atoms with E-state index in [-0.39, 0.29) is 5.91 Å². The Kier molecular flexibility index (Phi) is 7.86. The zero-order chi connectivity index (χ0) is 13.9. The maximum absolute atomic E-state index is 10.7. The molecule has 0 aliphatic rings. The Hall–Kier alpha value is -1.39. The summed E-state index contributed by atoms with van der Waals surface area (Å²) >= 11 is 0. The quantitative estimate of drug-likeness (QED) is 0.661. The number of carbonyl (C=O) groups excluding carboxylic acids is 1. The highest BCUT2D eigenvalue weighted by molar-refractivity contribution is 5.72. The molecule has 0 aliphatic heterocycles. The number of nitrogens with one attached hydrogen (secondary N) is 1. The Morgan fingerprint density at radius 1 is 1.26 bits per heavy atom. The van der Waals surface area contributed by atoms with Crippen molar-refractivity contribution in [3.05, 3.63) is 11.9 Å². The molecule has 1 aromatic rings. The van der Waals surface area contributed by atoms with Crippen LogP contribution >= 0.6 is 0 Å². The van der Waals surface area contributed by atoms with Crippen LogP contribution in [-0.4, -0.2) is 27.4 Å². The number of carbonyl (C=O) groups is 1. The van der Waals surface area contributed by atoms with Gasteiger partial charge >= 0.3 is 0 Å². The summed E-state index contributed by atoms with van der Waals surface area (Å²) in [4.78, 5) is 10.7. The van der Waals surface area contributed by atoms with Crippen molar-refractivity contribution in [3.8, 4) is 0 Å². The van der Waals surface area contributed by atoms with E-state index in [1.165, 1.54) is 19.3 Å². The van der Waals surface area contributed by atoms with Crippen molar-refractivity contribution in [3.63, 3.8) is 0 Å². The highest BCUT2D eigenvalue weighted by atomic mass is 16.1. The summed E-state index contributed by atoms with van der Waals surface area (Å²) in [5.41, 5.74) is 1.10. The third-order valence-corrected chi connectivity index (χ3v) is 3.06. The summed E-state index contributed by atoms with van der Waals surface area (Å²) in [5, 5.41) is 11.1. The van der Waals surface area contributed by atoms with Crippen LogP contribution in [0.25, 0.3) is 0 Å². The van der Waals surface area contributed by atoms with Crippen LogP contribution in [0.3, 0.4) is 0 Å². The monoisotopic (exact) mass is 266 g/mol. The fraction of sp³-hybridized carbons (Fsp3) is 0.786. The molecule has 0 aliphatic carbocycles. The summed E-state index contributed by atoms with van der Waals surface area (Å²) in [6, 6.07) is 0. The van der Waals surface area contributed by atoms with Crippen LogP contribution in [0.15, 0.2) is 6.20 Å². The lowest BCUT2D eigenvalue weighted by Gasteiger charge is -2.02. The molecule has 19 heavy (non-hydrogen) atoms. The number of nitrogens with zero attached hydrogens (tertiary/aromatic N) is 3. The fourth-order valence-electron chi connectivity index (χ4n) is 1.94. The lowest BCUT2D eigenvalue weighted by Crippen LogP contribution is -2.20. The molecule has 5 heteroatoms. The molecule has 0 bridgehead atoms. The zero-order valence-electron chi connectivity index (χ0n) is 12.2. The normalized spacial score (nSPS) is 10.6. The second-order valence-electron chi connectivity index (χ2n) is 4.97. The Morgan fingerprint density at radius 3 is 2.79 bits per heavy atom. The van der Waals surface area contributed by atoms with Crippen LogP contribution in [-0.2, 0) is 17.8 Å². The van der Waals surface area contributed by atoms with Gasteiger partial charge in [-0.2, -0.15) is 0 Å². The van der Waals surface area contributed by atoms with Crippen molar-refractivity contribution >= 4 is 5.91 Å². The maximum Gasteiger partial charge on any atom is 0.216 e. The molecule has 0 saturated heterocycles. The van der Waals surface area contributed by atoms with Gasteiger partial charge in [-0.3, -0.25) is 9.48 Å². The molecule has 1 amide bonds. The zero-order valence-corrected chi connectivity index (χ0v) is 12.2. The van der Waals surface area contributed by atoms with Gasteiger partial charge in [0.05, 0.1) is 5.69 Å². The van der Waals surface area contributed by atoms with Gasteiger partial charge in [0.2, 0.25) is 5.91 Å². The molecule has 1 aromatic heterocycles. The number of amides is 1. The highest BCUT2D eigenvalue weighted by Crippen LogP contribution is 2.04. The lowest BCUT2D eigenvalue weighted by atomic mass is 10.2. The van der Waals surface area contributed by atoms with E-state index in [4.69, 9.17) is 0 Å².